The molecule has 0 saturated heterocycles. The number of rotatable bonds is 5. The van der Waals surface area contributed by atoms with Crippen molar-refractivity contribution >= 4 is 27.5 Å². The molecule has 0 aliphatic carbocycles. The van der Waals surface area contributed by atoms with Crippen LogP contribution in [-0.2, 0) is 6.54 Å². The number of methoxy groups -OCH3 is 2. The van der Waals surface area contributed by atoms with Crippen LogP contribution in [0.5, 0.6) is 11.5 Å². The summed E-state index contributed by atoms with van der Waals surface area (Å²) in [7, 11) is 3.34. The van der Waals surface area contributed by atoms with Crippen LogP contribution in [0.1, 0.15) is 11.1 Å². The molecule has 27 heavy (non-hydrogen) atoms. The third-order valence-corrected chi connectivity index (χ3v) is 4.86. The summed E-state index contributed by atoms with van der Waals surface area (Å²) in [6, 6.07) is 20.6. The predicted molar refractivity (Wildman–Crippen MR) is 111 cm³/mol. The lowest BCUT2D eigenvalue weighted by Crippen LogP contribution is -2.03. The second kappa shape index (κ2) is 7.16. The van der Waals surface area contributed by atoms with Gasteiger partial charge < -0.3 is 14.8 Å². The van der Waals surface area contributed by atoms with Gasteiger partial charge in [-0.25, -0.2) is 4.98 Å². The van der Waals surface area contributed by atoms with Gasteiger partial charge in [0.05, 0.1) is 14.2 Å². The Morgan fingerprint density at radius 1 is 0.889 bits per heavy atom. The highest BCUT2D eigenvalue weighted by Crippen LogP contribution is 2.35. The van der Waals surface area contributed by atoms with Gasteiger partial charge in [-0.05, 0) is 47.0 Å². The van der Waals surface area contributed by atoms with Gasteiger partial charge in [0.2, 0.25) is 0 Å². The van der Waals surface area contributed by atoms with Crippen molar-refractivity contribution in [3.63, 3.8) is 0 Å². The summed E-state index contributed by atoms with van der Waals surface area (Å²) < 4.78 is 11.0. The maximum atomic E-state index is 5.51. The second-order valence-electron chi connectivity index (χ2n) is 6.51. The number of aryl methyl sites for hydroxylation is 1. The van der Waals surface area contributed by atoms with Crippen LogP contribution < -0.4 is 14.8 Å². The molecule has 1 aromatic heterocycles. The fourth-order valence-corrected chi connectivity index (χ4v) is 3.53. The van der Waals surface area contributed by atoms with Crippen molar-refractivity contribution < 1.29 is 9.47 Å². The number of nitrogens with one attached hydrogen (secondary N) is 1. The van der Waals surface area contributed by atoms with Crippen LogP contribution in [0.25, 0.3) is 21.7 Å². The molecule has 4 heteroatoms. The average Bonchev–Trinajstić information content (AvgIpc) is 2.71. The smallest absolute Gasteiger partial charge is 0.145 e. The van der Waals surface area contributed by atoms with E-state index in [1.165, 1.54) is 16.3 Å². The zero-order valence-corrected chi connectivity index (χ0v) is 15.7. The summed E-state index contributed by atoms with van der Waals surface area (Å²) in [4.78, 5) is 4.79. The molecular formula is C23H22N2O2. The summed E-state index contributed by atoms with van der Waals surface area (Å²) in [6.07, 6.45) is 0. The molecule has 0 bridgehead atoms. The zero-order valence-electron chi connectivity index (χ0n) is 15.7. The fourth-order valence-electron chi connectivity index (χ4n) is 3.53. The highest BCUT2D eigenvalue weighted by Gasteiger charge is 2.13. The first-order valence-corrected chi connectivity index (χ1v) is 8.94. The molecule has 0 saturated carbocycles. The molecule has 1 heterocycles. The number of hydrogen-bond donors (Lipinski definition) is 1. The van der Waals surface area contributed by atoms with Gasteiger partial charge in [-0.2, -0.15) is 0 Å². The van der Waals surface area contributed by atoms with Crippen molar-refractivity contribution in [2.75, 3.05) is 19.5 Å². The number of nitrogens with zero attached hydrogens (tertiary/aromatic N) is 1. The number of anilines is 1. The van der Waals surface area contributed by atoms with E-state index in [-0.39, 0.29) is 0 Å². The first-order valence-electron chi connectivity index (χ1n) is 8.94. The molecule has 0 radical (unpaired) electrons. The maximum absolute atomic E-state index is 5.51. The van der Waals surface area contributed by atoms with Gasteiger partial charge >= 0.3 is 0 Å². The van der Waals surface area contributed by atoms with Crippen LogP contribution in [-0.4, -0.2) is 19.2 Å². The fraction of sp³-hybridized carbons (Fsp3) is 0.174. The third kappa shape index (κ3) is 3.14. The van der Waals surface area contributed by atoms with Crippen molar-refractivity contribution in [1.82, 2.24) is 4.98 Å². The summed E-state index contributed by atoms with van der Waals surface area (Å²) in [5, 5.41) is 6.94. The molecule has 0 spiro atoms. The van der Waals surface area contributed by atoms with Gasteiger partial charge in [0.1, 0.15) is 22.8 Å². The van der Waals surface area contributed by atoms with E-state index in [2.05, 4.69) is 60.8 Å². The Morgan fingerprint density at radius 3 is 2.44 bits per heavy atom. The summed E-state index contributed by atoms with van der Waals surface area (Å²) >= 11 is 0. The molecule has 0 aliphatic rings. The van der Waals surface area contributed by atoms with Crippen LogP contribution in [0, 0.1) is 6.92 Å². The predicted octanol–water partition coefficient (Wildman–Crippen LogP) is 5.33. The number of pyridine rings is 1. The van der Waals surface area contributed by atoms with Gasteiger partial charge in [0.15, 0.2) is 0 Å². The minimum absolute atomic E-state index is 0.700. The minimum Gasteiger partial charge on any atom is -0.496 e. The molecule has 0 fully saturated rings. The van der Waals surface area contributed by atoms with Gasteiger partial charge in [-0.15, -0.1) is 0 Å². The Morgan fingerprint density at radius 2 is 1.63 bits per heavy atom. The number of benzene rings is 3. The summed E-state index contributed by atoms with van der Waals surface area (Å²) in [5.41, 5.74) is 3.14. The van der Waals surface area contributed by atoms with E-state index in [9.17, 15) is 0 Å². The third-order valence-electron chi connectivity index (χ3n) is 4.86. The van der Waals surface area contributed by atoms with E-state index >= 15 is 0 Å². The quantitative estimate of drug-likeness (QED) is 0.524. The molecule has 136 valence electrons. The normalized spacial score (nSPS) is 10.9. The standard InChI is InChI=1S/C23H22N2O2/c1-15-13-21(25-23-20(27-3)12-11-19(26-2)22(15)23)24-14-17-9-6-8-16-7-4-5-10-18(16)17/h4-13H,14H2,1-3H3,(H,24,25). The monoisotopic (exact) mass is 358 g/mol. The van der Waals surface area contributed by atoms with Crippen LogP contribution in [0.2, 0.25) is 0 Å². The molecule has 0 atom stereocenters. The van der Waals surface area contributed by atoms with E-state index in [4.69, 9.17) is 14.5 Å². The molecule has 1 N–H and O–H groups in total. The van der Waals surface area contributed by atoms with Crippen molar-refractivity contribution in [1.29, 1.82) is 0 Å². The molecule has 4 rings (SSSR count). The van der Waals surface area contributed by atoms with Crippen LogP contribution in [0.3, 0.4) is 0 Å². The van der Waals surface area contributed by atoms with Gasteiger partial charge in [-0.1, -0.05) is 42.5 Å². The Kier molecular flexibility index (Phi) is 4.55. The Balaban J connectivity index is 1.72. The van der Waals surface area contributed by atoms with Crippen molar-refractivity contribution in [3.8, 4) is 11.5 Å². The topological polar surface area (TPSA) is 43.4 Å². The molecule has 4 aromatic rings. The van der Waals surface area contributed by atoms with Crippen molar-refractivity contribution in [2.24, 2.45) is 0 Å². The minimum atomic E-state index is 0.700. The lowest BCUT2D eigenvalue weighted by Gasteiger charge is -2.14. The van der Waals surface area contributed by atoms with Gasteiger partial charge in [0.25, 0.3) is 0 Å². The highest BCUT2D eigenvalue weighted by molar-refractivity contribution is 5.94. The Hall–Kier alpha value is -3.27. The van der Waals surface area contributed by atoms with Crippen molar-refractivity contribution in [2.45, 2.75) is 13.5 Å². The molecule has 0 amide bonds. The molecule has 3 aromatic carbocycles. The highest BCUT2D eigenvalue weighted by atomic mass is 16.5. The lowest BCUT2D eigenvalue weighted by molar-refractivity contribution is 0.409. The number of aromatic nitrogens is 1. The zero-order chi connectivity index (χ0) is 18.8. The van der Waals surface area contributed by atoms with Crippen LogP contribution in [0.15, 0.2) is 60.7 Å². The van der Waals surface area contributed by atoms with E-state index in [0.717, 1.165) is 33.8 Å². The molecule has 0 aliphatic heterocycles. The number of hydrogen-bond acceptors (Lipinski definition) is 4. The lowest BCUT2D eigenvalue weighted by atomic mass is 10.0. The summed E-state index contributed by atoms with van der Waals surface area (Å²) in [5.74, 6) is 2.36. The molecule has 0 unspecified atom stereocenters. The SMILES string of the molecule is COc1ccc(OC)c2c(C)cc(NCc3cccc4ccccc34)nc12. The number of fused-ring (bicyclic) bond motifs is 2. The first kappa shape index (κ1) is 17.2. The van der Waals surface area contributed by atoms with Crippen LogP contribution >= 0.6 is 0 Å². The Bertz CT molecular complexity index is 1120. The summed E-state index contributed by atoms with van der Waals surface area (Å²) in [6.45, 7) is 2.76. The van der Waals surface area contributed by atoms with E-state index in [0.29, 0.717) is 6.54 Å². The maximum Gasteiger partial charge on any atom is 0.145 e. The largest absolute Gasteiger partial charge is 0.496 e. The van der Waals surface area contributed by atoms with E-state index < -0.39 is 0 Å². The van der Waals surface area contributed by atoms with Gasteiger partial charge in [0, 0.05) is 11.9 Å². The van der Waals surface area contributed by atoms with Gasteiger partial charge in [-0.3, -0.25) is 0 Å². The average molecular weight is 358 g/mol. The first-order chi connectivity index (χ1) is 13.2. The number of ether oxygens (including phenoxy) is 2. The molecular weight excluding hydrogens is 336 g/mol. The van der Waals surface area contributed by atoms with Crippen LogP contribution in [0.4, 0.5) is 5.82 Å². The van der Waals surface area contributed by atoms with E-state index in [1.807, 2.05) is 12.1 Å². The second-order valence-corrected chi connectivity index (χ2v) is 6.51. The Labute approximate surface area is 158 Å². The van der Waals surface area contributed by atoms with Crippen molar-refractivity contribution in [3.05, 3.63) is 71.8 Å². The van der Waals surface area contributed by atoms with E-state index in [1.54, 1.807) is 14.2 Å². The molecule has 4 nitrogen and oxygen atoms in total.